The van der Waals surface area contributed by atoms with E-state index in [2.05, 4.69) is 25.6 Å². The molecular weight excluding hydrogens is 402 g/mol. The van der Waals surface area contributed by atoms with Gasteiger partial charge in [-0.2, -0.15) is 28.1 Å². The molecule has 1 heterocycles. The van der Waals surface area contributed by atoms with E-state index in [9.17, 15) is 22.7 Å². The molecule has 1 aliphatic rings. The summed E-state index contributed by atoms with van der Waals surface area (Å²) in [5.74, 6) is -1.17. The SMILES string of the molecule is CC(Nc1nc(NC(C)C(F)(F)F)nc(C2=C(F)C(O)CCC2)n1)c1ccccc1. The molecule has 0 radical (unpaired) electrons. The highest BCUT2D eigenvalue weighted by atomic mass is 19.4. The van der Waals surface area contributed by atoms with E-state index in [0.717, 1.165) is 12.5 Å². The zero-order valence-corrected chi connectivity index (χ0v) is 16.5. The fourth-order valence-corrected chi connectivity index (χ4v) is 3.07. The van der Waals surface area contributed by atoms with Gasteiger partial charge in [0.1, 0.15) is 18.0 Å². The van der Waals surface area contributed by atoms with E-state index >= 15 is 0 Å². The van der Waals surface area contributed by atoms with Crippen LogP contribution >= 0.6 is 0 Å². The predicted molar refractivity (Wildman–Crippen MR) is 105 cm³/mol. The van der Waals surface area contributed by atoms with Crippen molar-refractivity contribution in [3.05, 3.63) is 47.5 Å². The number of rotatable bonds is 6. The Morgan fingerprint density at radius 1 is 1.03 bits per heavy atom. The predicted octanol–water partition coefficient (Wildman–Crippen LogP) is 4.63. The van der Waals surface area contributed by atoms with E-state index in [1.807, 2.05) is 37.3 Å². The van der Waals surface area contributed by atoms with E-state index in [1.165, 1.54) is 0 Å². The van der Waals surface area contributed by atoms with E-state index < -0.39 is 24.1 Å². The van der Waals surface area contributed by atoms with Gasteiger partial charge < -0.3 is 15.7 Å². The van der Waals surface area contributed by atoms with Gasteiger partial charge in [-0.1, -0.05) is 30.3 Å². The van der Waals surface area contributed by atoms with Crippen molar-refractivity contribution in [1.82, 2.24) is 15.0 Å². The van der Waals surface area contributed by atoms with E-state index in [-0.39, 0.29) is 42.2 Å². The van der Waals surface area contributed by atoms with Crippen LogP contribution in [-0.2, 0) is 0 Å². The van der Waals surface area contributed by atoms with Gasteiger partial charge in [0.25, 0.3) is 0 Å². The summed E-state index contributed by atoms with van der Waals surface area (Å²) in [6, 6.07) is 7.16. The summed E-state index contributed by atoms with van der Waals surface area (Å²) in [4.78, 5) is 12.2. The summed E-state index contributed by atoms with van der Waals surface area (Å²) in [5, 5.41) is 15.0. The molecule has 0 saturated heterocycles. The maximum Gasteiger partial charge on any atom is 0.408 e. The summed E-state index contributed by atoms with van der Waals surface area (Å²) in [6.07, 6.45) is -4.72. The van der Waals surface area contributed by atoms with E-state index in [4.69, 9.17) is 0 Å². The van der Waals surface area contributed by atoms with Crippen molar-refractivity contribution in [2.45, 2.75) is 57.5 Å². The molecule has 0 amide bonds. The first-order valence-corrected chi connectivity index (χ1v) is 9.63. The Morgan fingerprint density at radius 3 is 2.30 bits per heavy atom. The Bertz CT molecular complexity index is 904. The molecule has 0 fully saturated rings. The number of alkyl halides is 3. The highest BCUT2D eigenvalue weighted by Gasteiger charge is 2.36. The number of aliphatic hydroxyl groups excluding tert-OH is 1. The van der Waals surface area contributed by atoms with Crippen molar-refractivity contribution in [1.29, 1.82) is 0 Å². The van der Waals surface area contributed by atoms with Gasteiger partial charge in [-0.05, 0) is 38.7 Å². The van der Waals surface area contributed by atoms with Crippen LogP contribution in [0.4, 0.5) is 29.5 Å². The lowest BCUT2D eigenvalue weighted by Gasteiger charge is -2.21. The van der Waals surface area contributed by atoms with Crippen molar-refractivity contribution >= 4 is 17.5 Å². The molecule has 30 heavy (non-hydrogen) atoms. The molecular formula is C20H23F4N5O. The lowest BCUT2D eigenvalue weighted by molar-refractivity contribution is -0.138. The maximum atomic E-state index is 14.5. The topological polar surface area (TPSA) is 83.0 Å². The monoisotopic (exact) mass is 425 g/mol. The Labute approximate surface area is 171 Å². The normalized spacial score (nSPS) is 19.4. The average Bonchev–Trinajstić information content (AvgIpc) is 2.69. The van der Waals surface area contributed by atoms with Crippen LogP contribution in [0.25, 0.3) is 5.57 Å². The molecule has 0 saturated carbocycles. The number of hydrogen-bond acceptors (Lipinski definition) is 6. The number of benzene rings is 1. The zero-order valence-electron chi connectivity index (χ0n) is 16.5. The minimum atomic E-state index is -4.51. The summed E-state index contributed by atoms with van der Waals surface area (Å²) >= 11 is 0. The lowest BCUT2D eigenvalue weighted by atomic mass is 9.96. The van der Waals surface area contributed by atoms with Gasteiger partial charge in [0.15, 0.2) is 5.82 Å². The molecule has 1 aliphatic carbocycles. The summed E-state index contributed by atoms with van der Waals surface area (Å²) < 4.78 is 53.4. The molecule has 0 bridgehead atoms. The number of nitrogens with one attached hydrogen (secondary N) is 2. The molecule has 162 valence electrons. The smallest absolute Gasteiger partial charge is 0.386 e. The Hall–Kier alpha value is -2.75. The molecule has 10 heteroatoms. The minimum Gasteiger partial charge on any atom is -0.386 e. The standard InChI is InChI=1S/C20H23F4N5O/c1-11(13-7-4-3-5-8-13)25-18-27-17(14-9-6-10-15(30)16(14)21)28-19(29-18)26-12(2)20(22,23)24/h3-5,7-8,11-12,15,30H,6,9-10H2,1-2H3,(H2,25,26,27,28,29). The molecule has 1 aromatic carbocycles. The highest BCUT2D eigenvalue weighted by Crippen LogP contribution is 2.33. The summed E-state index contributed by atoms with van der Waals surface area (Å²) in [7, 11) is 0. The van der Waals surface area contributed by atoms with Crippen LogP contribution in [0.3, 0.4) is 0 Å². The Kier molecular flexibility index (Phi) is 6.55. The van der Waals surface area contributed by atoms with Crippen molar-refractivity contribution in [2.75, 3.05) is 10.6 Å². The average molecular weight is 425 g/mol. The van der Waals surface area contributed by atoms with E-state index in [1.54, 1.807) is 0 Å². The first-order chi connectivity index (χ1) is 14.1. The minimum absolute atomic E-state index is 0.00795. The molecule has 0 aliphatic heterocycles. The van der Waals surface area contributed by atoms with Crippen LogP contribution in [0.5, 0.6) is 0 Å². The number of halogens is 4. The third kappa shape index (κ3) is 5.24. The first kappa shape index (κ1) is 21.9. The zero-order chi connectivity index (χ0) is 21.9. The maximum absolute atomic E-state index is 14.5. The first-order valence-electron chi connectivity index (χ1n) is 9.63. The van der Waals surface area contributed by atoms with E-state index in [0.29, 0.717) is 6.42 Å². The second-order valence-corrected chi connectivity index (χ2v) is 7.23. The van der Waals surface area contributed by atoms with Gasteiger partial charge in [-0.25, -0.2) is 4.39 Å². The van der Waals surface area contributed by atoms with Crippen molar-refractivity contribution in [3.63, 3.8) is 0 Å². The quantitative estimate of drug-likeness (QED) is 0.586. The lowest BCUT2D eigenvalue weighted by Crippen LogP contribution is -2.34. The number of hydrogen-bond donors (Lipinski definition) is 3. The van der Waals surface area contributed by atoms with Crippen LogP contribution in [0.1, 0.15) is 50.5 Å². The third-order valence-corrected chi connectivity index (χ3v) is 4.87. The van der Waals surface area contributed by atoms with Gasteiger partial charge in [-0.15, -0.1) is 0 Å². The number of allylic oxidation sites excluding steroid dienone is 1. The largest absolute Gasteiger partial charge is 0.408 e. The van der Waals surface area contributed by atoms with Gasteiger partial charge >= 0.3 is 6.18 Å². The van der Waals surface area contributed by atoms with Crippen LogP contribution in [-0.4, -0.2) is 38.4 Å². The van der Waals surface area contributed by atoms with Crippen LogP contribution in [0.15, 0.2) is 36.2 Å². The Morgan fingerprint density at radius 2 is 1.67 bits per heavy atom. The Balaban J connectivity index is 1.97. The number of nitrogens with zero attached hydrogens (tertiary/aromatic N) is 3. The van der Waals surface area contributed by atoms with Gasteiger partial charge in [-0.3, -0.25) is 0 Å². The van der Waals surface area contributed by atoms with Crippen molar-refractivity contribution < 1.29 is 22.7 Å². The second kappa shape index (κ2) is 8.95. The van der Waals surface area contributed by atoms with Crippen LogP contribution in [0.2, 0.25) is 0 Å². The van der Waals surface area contributed by atoms with Gasteiger partial charge in [0.05, 0.1) is 6.04 Å². The summed E-state index contributed by atoms with van der Waals surface area (Å²) in [6.45, 7) is 2.78. The molecule has 1 aromatic heterocycles. The molecule has 3 atom stereocenters. The number of aromatic nitrogens is 3. The van der Waals surface area contributed by atoms with Crippen LogP contribution < -0.4 is 10.6 Å². The molecule has 3 rings (SSSR count). The van der Waals surface area contributed by atoms with Crippen LogP contribution in [0, 0.1) is 0 Å². The molecule has 3 unspecified atom stereocenters. The molecule has 2 aromatic rings. The van der Waals surface area contributed by atoms with Gasteiger partial charge in [0.2, 0.25) is 11.9 Å². The third-order valence-electron chi connectivity index (χ3n) is 4.87. The van der Waals surface area contributed by atoms with Gasteiger partial charge in [0, 0.05) is 5.57 Å². The molecule has 3 N–H and O–H groups in total. The fourth-order valence-electron chi connectivity index (χ4n) is 3.07. The fraction of sp³-hybridized carbons (Fsp3) is 0.450. The van der Waals surface area contributed by atoms with Crippen molar-refractivity contribution in [2.24, 2.45) is 0 Å². The van der Waals surface area contributed by atoms with Crippen molar-refractivity contribution in [3.8, 4) is 0 Å². The highest BCUT2D eigenvalue weighted by molar-refractivity contribution is 5.65. The second-order valence-electron chi connectivity index (χ2n) is 7.23. The number of aliphatic hydroxyl groups is 1. The molecule has 0 spiro atoms. The summed E-state index contributed by atoms with van der Waals surface area (Å²) in [5.41, 5.74) is 0.991. The molecule has 6 nitrogen and oxygen atoms in total. The number of anilines is 2.